The summed E-state index contributed by atoms with van der Waals surface area (Å²) >= 11 is 0. The van der Waals surface area contributed by atoms with Gasteiger partial charge in [-0.3, -0.25) is 0 Å². The molecule has 2 N–H and O–H groups in total. The van der Waals surface area contributed by atoms with Crippen molar-refractivity contribution in [1.82, 2.24) is 5.06 Å². The Morgan fingerprint density at radius 2 is 1.93 bits per heavy atom. The summed E-state index contributed by atoms with van der Waals surface area (Å²) in [6, 6.07) is 6.93. The second-order valence-electron chi connectivity index (χ2n) is 3.37. The number of hydrogen-bond acceptors (Lipinski definition) is 5. The smallest absolute Gasteiger partial charge is 0.165 e. The molecule has 0 amide bonds. The summed E-state index contributed by atoms with van der Waals surface area (Å²) in [5, 5.41) is 13.8. The van der Waals surface area contributed by atoms with Gasteiger partial charge in [-0.15, -0.1) is 0 Å². The highest BCUT2D eigenvalue weighted by Crippen LogP contribution is 2.27. The van der Waals surface area contributed by atoms with Crippen LogP contribution in [-0.4, -0.2) is 24.4 Å². The summed E-state index contributed by atoms with van der Waals surface area (Å²) in [4.78, 5) is 0. The SMILES string of the molecule is COC(C)(c1ccc(N=N)cc1)N(C)O. The van der Waals surface area contributed by atoms with Crippen molar-refractivity contribution < 1.29 is 9.94 Å². The molecule has 5 heteroatoms. The molecule has 15 heavy (non-hydrogen) atoms. The zero-order chi connectivity index (χ0) is 11.5. The largest absolute Gasteiger partial charge is 0.358 e. The van der Waals surface area contributed by atoms with Crippen LogP contribution in [0.5, 0.6) is 0 Å². The van der Waals surface area contributed by atoms with Crippen molar-refractivity contribution in [2.75, 3.05) is 14.2 Å². The third kappa shape index (κ3) is 2.20. The molecule has 0 spiro atoms. The van der Waals surface area contributed by atoms with Crippen molar-refractivity contribution in [1.29, 1.82) is 5.53 Å². The van der Waals surface area contributed by atoms with Gasteiger partial charge in [-0.25, -0.2) is 5.53 Å². The Bertz CT molecular complexity index is 337. The zero-order valence-electron chi connectivity index (χ0n) is 9.06. The van der Waals surface area contributed by atoms with Crippen LogP contribution in [0, 0.1) is 5.53 Å². The maximum absolute atomic E-state index is 9.50. The van der Waals surface area contributed by atoms with Crippen LogP contribution in [0.15, 0.2) is 29.4 Å². The molecule has 0 aromatic heterocycles. The first-order valence-corrected chi connectivity index (χ1v) is 4.50. The van der Waals surface area contributed by atoms with Gasteiger partial charge in [0.1, 0.15) is 0 Å². The van der Waals surface area contributed by atoms with Gasteiger partial charge in [-0.05, 0) is 19.1 Å². The Labute approximate surface area is 88.7 Å². The highest BCUT2D eigenvalue weighted by molar-refractivity contribution is 5.39. The molecule has 0 saturated heterocycles. The molecule has 82 valence electrons. The first-order chi connectivity index (χ1) is 7.04. The molecule has 5 nitrogen and oxygen atoms in total. The molecule has 1 atom stereocenters. The minimum absolute atomic E-state index is 0.567. The van der Waals surface area contributed by atoms with Crippen LogP contribution in [0.25, 0.3) is 0 Å². The first kappa shape index (κ1) is 11.8. The van der Waals surface area contributed by atoms with Crippen LogP contribution in [0.2, 0.25) is 0 Å². The fourth-order valence-corrected chi connectivity index (χ4v) is 1.28. The molecule has 1 aromatic carbocycles. The van der Waals surface area contributed by atoms with E-state index in [1.54, 1.807) is 31.2 Å². The van der Waals surface area contributed by atoms with Gasteiger partial charge in [0.2, 0.25) is 0 Å². The molecule has 0 radical (unpaired) electrons. The molecule has 0 aliphatic carbocycles. The van der Waals surface area contributed by atoms with Crippen molar-refractivity contribution in [3.05, 3.63) is 29.8 Å². The second kappa shape index (κ2) is 4.48. The van der Waals surface area contributed by atoms with Gasteiger partial charge in [-0.1, -0.05) is 12.1 Å². The van der Waals surface area contributed by atoms with E-state index in [1.165, 1.54) is 14.2 Å². The molecule has 0 heterocycles. The highest BCUT2D eigenvalue weighted by Gasteiger charge is 2.30. The molecule has 0 aliphatic heterocycles. The summed E-state index contributed by atoms with van der Waals surface area (Å²) in [6.45, 7) is 1.75. The number of hydroxylamine groups is 2. The number of ether oxygens (including phenoxy) is 1. The van der Waals surface area contributed by atoms with Gasteiger partial charge in [0, 0.05) is 19.7 Å². The molecule has 0 bridgehead atoms. The average Bonchev–Trinajstić information content (AvgIpc) is 2.28. The Hall–Kier alpha value is -1.30. The summed E-state index contributed by atoms with van der Waals surface area (Å²) in [6.07, 6.45) is 0. The summed E-state index contributed by atoms with van der Waals surface area (Å²) < 4.78 is 5.26. The lowest BCUT2D eigenvalue weighted by molar-refractivity contribution is -0.258. The number of nitrogens with zero attached hydrogens (tertiary/aromatic N) is 2. The van der Waals surface area contributed by atoms with Crippen LogP contribution in [0.3, 0.4) is 0 Å². The minimum atomic E-state index is -0.888. The Morgan fingerprint density at radius 1 is 1.40 bits per heavy atom. The van der Waals surface area contributed by atoms with E-state index in [2.05, 4.69) is 5.11 Å². The van der Waals surface area contributed by atoms with Gasteiger partial charge in [0.25, 0.3) is 0 Å². The van der Waals surface area contributed by atoms with Crippen molar-refractivity contribution in [2.45, 2.75) is 12.6 Å². The summed E-state index contributed by atoms with van der Waals surface area (Å²) in [5.41, 5.74) is 7.31. The van der Waals surface area contributed by atoms with Crippen molar-refractivity contribution in [2.24, 2.45) is 5.11 Å². The Kier molecular flexibility index (Phi) is 3.52. The predicted octanol–water partition coefficient (Wildman–Crippen LogP) is 2.49. The molecule has 1 unspecified atom stereocenters. The molecular formula is C10H15N3O2. The standard InChI is InChI=1S/C10H15N3O2/c1-10(15-3,13(2)14)8-4-6-9(12-11)7-5-8/h4-7,11,14H,1-3H3. The average molecular weight is 209 g/mol. The Balaban J connectivity index is 3.08. The van der Waals surface area contributed by atoms with Crippen molar-refractivity contribution in [3.63, 3.8) is 0 Å². The second-order valence-corrected chi connectivity index (χ2v) is 3.37. The fourth-order valence-electron chi connectivity index (χ4n) is 1.28. The maximum Gasteiger partial charge on any atom is 0.165 e. The first-order valence-electron chi connectivity index (χ1n) is 4.50. The van der Waals surface area contributed by atoms with Gasteiger partial charge < -0.3 is 9.94 Å². The van der Waals surface area contributed by atoms with Gasteiger partial charge in [-0.2, -0.15) is 10.2 Å². The summed E-state index contributed by atoms with van der Waals surface area (Å²) in [5.74, 6) is 0. The van der Waals surface area contributed by atoms with Gasteiger partial charge in [0.05, 0.1) is 5.69 Å². The van der Waals surface area contributed by atoms with E-state index < -0.39 is 5.72 Å². The lowest BCUT2D eigenvalue weighted by Crippen LogP contribution is -2.40. The van der Waals surface area contributed by atoms with Gasteiger partial charge >= 0.3 is 0 Å². The highest BCUT2D eigenvalue weighted by atomic mass is 16.6. The molecule has 0 fully saturated rings. The van der Waals surface area contributed by atoms with Crippen LogP contribution in [0.4, 0.5) is 5.69 Å². The number of benzene rings is 1. The van der Waals surface area contributed by atoms with E-state index in [9.17, 15) is 5.21 Å². The predicted molar refractivity (Wildman–Crippen MR) is 55.2 cm³/mol. The third-order valence-corrected chi connectivity index (χ3v) is 2.55. The third-order valence-electron chi connectivity index (χ3n) is 2.55. The van der Waals surface area contributed by atoms with Crippen LogP contribution in [0.1, 0.15) is 12.5 Å². The van der Waals surface area contributed by atoms with E-state index in [-0.39, 0.29) is 0 Å². The maximum atomic E-state index is 9.50. The minimum Gasteiger partial charge on any atom is -0.358 e. The zero-order valence-corrected chi connectivity index (χ0v) is 9.06. The number of hydrogen-bond donors (Lipinski definition) is 2. The lowest BCUT2D eigenvalue weighted by atomic mass is 10.0. The van der Waals surface area contributed by atoms with E-state index in [4.69, 9.17) is 10.3 Å². The number of nitrogens with one attached hydrogen (secondary N) is 1. The van der Waals surface area contributed by atoms with Gasteiger partial charge in [0.15, 0.2) is 5.72 Å². The quantitative estimate of drug-likeness (QED) is 0.454. The molecule has 1 aromatic rings. The normalized spacial score (nSPS) is 15.0. The summed E-state index contributed by atoms with van der Waals surface area (Å²) in [7, 11) is 3.04. The molecular weight excluding hydrogens is 194 g/mol. The number of rotatable bonds is 4. The molecule has 1 rings (SSSR count). The van der Waals surface area contributed by atoms with E-state index >= 15 is 0 Å². The van der Waals surface area contributed by atoms with Crippen LogP contribution < -0.4 is 0 Å². The molecule has 0 aliphatic rings. The fraction of sp³-hybridized carbons (Fsp3) is 0.400. The van der Waals surface area contributed by atoms with Crippen LogP contribution in [-0.2, 0) is 10.5 Å². The topological polar surface area (TPSA) is 68.9 Å². The monoisotopic (exact) mass is 209 g/mol. The molecule has 0 saturated carbocycles. The van der Waals surface area contributed by atoms with E-state index in [0.717, 1.165) is 10.6 Å². The van der Waals surface area contributed by atoms with Crippen molar-refractivity contribution in [3.8, 4) is 0 Å². The van der Waals surface area contributed by atoms with E-state index in [1.807, 2.05) is 0 Å². The Morgan fingerprint density at radius 3 is 2.27 bits per heavy atom. The van der Waals surface area contributed by atoms with E-state index in [0.29, 0.717) is 5.69 Å². The van der Waals surface area contributed by atoms with Crippen LogP contribution >= 0.6 is 0 Å². The van der Waals surface area contributed by atoms with Crippen molar-refractivity contribution >= 4 is 5.69 Å². The number of methoxy groups -OCH3 is 1. The lowest BCUT2D eigenvalue weighted by Gasteiger charge is -2.33.